The zero-order chi connectivity index (χ0) is 13.3. The Hall–Kier alpha value is -1.81. The summed E-state index contributed by atoms with van der Waals surface area (Å²) in [7, 11) is 0. The van der Waals surface area contributed by atoms with Crippen molar-refractivity contribution in [2.24, 2.45) is 0 Å². The van der Waals surface area contributed by atoms with Crippen LogP contribution >= 0.6 is 11.6 Å². The van der Waals surface area contributed by atoms with E-state index in [0.717, 1.165) is 22.4 Å². The normalized spacial score (nSPS) is 10.4. The van der Waals surface area contributed by atoms with Crippen molar-refractivity contribution in [3.05, 3.63) is 40.0 Å². The molecule has 0 radical (unpaired) electrons. The lowest BCUT2D eigenvalue weighted by Gasteiger charge is -2.13. The van der Waals surface area contributed by atoms with E-state index in [4.69, 9.17) is 22.1 Å². The average molecular weight is 264 g/mol. The summed E-state index contributed by atoms with van der Waals surface area (Å²) in [5.41, 5.74) is 8.75. The van der Waals surface area contributed by atoms with Gasteiger partial charge in [-0.3, -0.25) is 0 Å². The van der Waals surface area contributed by atoms with Gasteiger partial charge < -0.3 is 10.5 Å². The fraction of sp³-hybridized carbons (Fsp3) is 0.231. The van der Waals surface area contributed by atoms with E-state index in [1.807, 2.05) is 32.9 Å². The fourth-order valence-electron chi connectivity index (χ4n) is 1.62. The van der Waals surface area contributed by atoms with Crippen LogP contribution in [0.5, 0.6) is 11.6 Å². The van der Waals surface area contributed by atoms with Gasteiger partial charge in [-0.1, -0.05) is 23.7 Å². The summed E-state index contributed by atoms with van der Waals surface area (Å²) >= 11 is 5.99. The predicted molar refractivity (Wildman–Crippen MR) is 72.2 cm³/mol. The van der Waals surface area contributed by atoms with Crippen molar-refractivity contribution in [2.45, 2.75) is 20.8 Å². The largest absolute Gasteiger partial charge is 0.437 e. The molecule has 1 heterocycles. The lowest BCUT2D eigenvalue weighted by Crippen LogP contribution is -1.99. The summed E-state index contributed by atoms with van der Waals surface area (Å²) in [4.78, 5) is 7.79. The third kappa shape index (κ3) is 2.38. The minimum absolute atomic E-state index is 0.136. The Morgan fingerprint density at radius 1 is 1.17 bits per heavy atom. The molecule has 4 nitrogen and oxygen atoms in total. The van der Waals surface area contributed by atoms with Crippen molar-refractivity contribution < 1.29 is 4.74 Å². The molecule has 0 saturated carbocycles. The zero-order valence-corrected chi connectivity index (χ0v) is 11.2. The standard InChI is InChI=1S/C13H14ClN3O/c1-7-4-5-8(2)11(9(7)3)18-12-10(14)6-16-13(15)17-12/h4-6H,1-3H3,(H2,15,16,17). The van der Waals surface area contributed by atoms with Crippen LogP contribution in [0.4, 0.5) is 5.95 Å². The van der Waals surface area contributed by atoms with Gasteiger partial charge in [0.2, 0.25) is 11.8 Å². The Morgan fingerprint density at radius 2 is 1.83 bits per heavy atom. The first kappa shape index (κ1) is 12.6. The third-order valence-corrected chi connectivity index (χ3v) is 3.06. The molecule has 18 heavy (non-hydrogen) atoms. The number of hydrogen-bond acceptors (Lipinski definition) is 4. The van der Waals surface area contributed by atoms with E-state index in [9.17, 15) is 0 Å². The van der Waals surface area contributed by atoms with Crippen LogP contribution in [-0.2, 0) is 0 Å². The second kappa shape index (κ2) is 4.82. The molecular formula is C13H14ClN3O. The number of nitrogens with zero attached hydrogens (tertiary/aromatic N) is 2. The highest BCUT2D eigenvalue weighted by Gasteiger charge is 2.11. The summed E-state index contributed by atoms with van der Waals surface area (Å²) in [6.45, 7) is 5.99. The van der Waals surface area contributed by atoms with Crippen LogP contribution in [0.2, 0.25) is 5.02 Å². The molecule has 1 aromatic carbocycles. The van der Waals surface area contributed by atoms with E-state index in [-0.39, 0.29) is 11.8 Å². The average Bonchev–Trinajstić information content (AvgIpc) is 2.34. The summed E-state index contributed by atoms with van der Waals surface area (Å²) < 4.78 is 5.77. The number of nitrogen functional groups attached to an aromatic ring is 1. The Bertz CT molecular complexity index is 599. The van der Waals surface area contributed by atoms with Gasteiger partial charge in [-0.25, -0.2) is 4.98 Å². The van der Waals surface area contributed by atoms with Gasteiger partial charge >= 0.3 is 0 Å². The number of aryl methyl sites for hydroxylation is 2. The summed E-state index contributed by atoms with van der Waals surface area (Å²) in [6, 6.07) is 4.05. The topological polar surface area (TPSA) is 61.0 Å². The van der Waals surface area contributed by atoms with Gasteiger partial charge in [-0.05, 0) is 37.5 Å². The number of anilines is 1. The molecule has 1 aromatic heterocycles. The monoisotopic (exact) mass is 263 g/mol. The van der Waals surface area contributed by atoms with E-state index in [1.54, 1.807) is 0 Å². The van der Waals surface area contributed by atoms with Crippen molar-refractivity contribution >= 4 is 17.5 Å². The molecule has 0 aliphatic heterocycles. The van der Waals surface area contributed by atoms with Crippen LogP contribution in [-0.4, -0.2) is 9.97 Å². The van der Waals surface area contributed by atoms with Crippen molar-refractivity contribution in [1.29, 1.82) is 0 Å². The van der Waals surface area contributed by atoms with Crippen LogP contribution < -0.4 is 10.5 Å². The Kier molecular flexibility index (Phi) is 3.39. The molecule has 2 N–H and O–H groups in total. The van der Waals surface area contributed by atoms with Crippen LogP contribution in [0.1, 0.15) is 16.7 Å². The number of ether oxygens (including phenoxy) is 1. The molecule has 0 spiro atoms. The van der Waals surface area contributed by atoms with E-state index < -0.39 is 0 Å². The third-order valence-electron chi connectivity index (χ3n) is 2.80. The first-order valence-corrected chi connectivity index (χ1v) is 5.89. The van der Waals surface area contributed by atoms with Crippen LogP contribution in [0.15, 0.2) is 18.3 Å². The molecule has 0 atom stereocenters. The second-order valence-corrected chi connectivity index (χ2v) is 4.54. The molecule has 94 valence electrons. The van der Waals surface area contributed by atoms with Crippen molar-refractivity contribution in [2.75, 3.05) is 5.73 Å². The molecule has 0 unspecified atom stereocenters. The van der Waals surface area contributed by atoms with E-state index >= 15 is 0 Å². The van der Waals surface area contributed by atoms with Gasteiger partial charge in [0.25, 0.3) is 0 Å². The first-order valence-electron chi connectivity index (χ1n) is 5.51. The van der Waals surface area contributed by atoms with Crippen molar-refractivity contribution in [3.8, 4) is 11.6 Å². The van der Waals surface area contributed by atoms with Gasteiger partial charge in [0.1, 0.15) is 10.8 Å². The molecule has 5 heteroatoms. The number of halogens is 1. The maximum Gasteiger partial charge on any atom is 0.243 e. The summed E-state index contributed by atoms with van der Waals surface area (Å²) in [5.74, 6) is 1.17. The number of rotatable bonds is 2. The Labute approximate surface area is 111 Å². The fourth-order valence-corrected chi connectivity index (χ4v) is 1.74. The molecular weight excluding hydrogens is 250 g/mol. The number of aromatic nitrogens is 2. The molecule has 0 bridgehead atoms. The minimum Gasteiger partial charge on any atom is -0.437 e. The lowest BCUT2D eigenvalue weighted by atomic mass is 10.1. The first-order chi connectivity index (χ1) is 8.49. The number of hydrogen-bond donors (Lipinski definition) is 1. The number of benzene rings is 1. The molecule has 2 aromatic rings. The van der Waals surface area contributed by atoms with E-state index in [2.05, 4.69) is 9.97 Å². The molecule has 0 saturated heterocycles. The van der Waals surface area contributed by atoms with Gasteiger partial charge in [0.05, 0.1) is 6.20 Å². The van der Waals surface area contributed by atoms with Gasteiger partial charge in [0, 0.05) is 0 Å². The van der Waals surface area contributed by atoms with E-state index in [0.29, 0.717) is 5.02 Å². The molecule has 0 amide bonds. The molecule has 2 rings (SSSR count). The maximum absolute atomic E-state index is 5.99. The summed E-state index contributed by atoms with van der Waals surface area (Å²) in [6.07, 6.45) is 1.43. The SMILES string of the molecule is Cc1ccc(C)c(Oc2nc(N)ncc2Cl)c1C. The second-order valence-electron chi connectivity index (χ2n) is 4.14. The quantitative estimate of drug-likeness (QED) is 0.902. The van der Waals surface area contributed by atoms with Crippen LogP contribution in [0, 0.1) is 20.8 Å². The molecule has 0 aliphatic carbocycles. The van der Waals surface area contributed by atoms with E-state index in [1.165, 1.54) is 6.20 Å². The van der Waals surface area contributed by atoms with Gasteiger partial charge in [-0.2, -0.15) is 4.98 Å². The number of nitrogens with two attached hydrogens (primary N) is 1. The lowest BCUT2D eigenvalue weighted by molar-refractivity contribution is 0.455. The summed E-state index contributed by atoms with van der Waals surface area (Å²) in [5, 5.41) is 0.338. The molecule has 0 aliphatic rings. The van der Waals surface area contributed by atoms with Gasteiger partial charge in [-0.15, -0.1) is 0 Å². The smallest absolute Gasteiger partial charge is 0.243 e. The highest BCUT2D eigenvalue weighted by molar-refractivity contribution is 6.31. The van der Waals surface area contributed by atoms with Crippen molar-refractivity contribution in [3.63, 3.8) is 0 Å². The molecule has 0 fully saturated rings. The predicted octanol–water partition coefficient (Wildman–Crippen LogP) is 3.43. The highest BCUT2D eigenvalue weighted by atomic mass is 35.5. The van der Waals surface area contributed by atoms with Crippen molar-refractivity contribution in [1.82, 2.24) is 9.97 Å². The zero-order valence-electron chi connectivity index (χ0n) is 10.5. The van der Waals surface area contributed by atoms with Crippen LogP contribution in [0.25, 0.3) is 0 Å². The Balaban J connectivity index is 2.46. The maximum atomic E-state index is 5.99. The Morgan fingerprint density at radius 3 is 2.56 bits per heavy atom. The highest BCUT2D eigenvalue weighted by Crippen LogP contribution is 2.32. The van der Waals surface area contributed by atoms with Crippen LogP contribution in [0.3, 0.4) is 0 Å². The van der Waals surface area contributed by atoms with Gasteiger partial charge in [0.15, 0.2) is 0 Å². The minimum atomic E-state index is 0.136.